The van der Waals surface area contributed by atoms with Gasteiger partial charge in [0.1, 0.15) is 11.6 Å². The fraction of sp³-hybridized carbons (Fsp3) is 0.583. The van der Waals surface area contributed by atoms with Crippen LogP contribution in [-0.4, -0.2) is 9.78 Å². The molecule has 2 atom stereocenters. The van der Waals surface area contributed by atoms with Gasteiger partial charge in [-0.1, -0.05) is 58.0 Å². The Bertz CT molecular complexity index is 859. The number of fused-ring (bicyclic) bond motifs is 3. The first-order valence-corrected chi connectivity index (χ1v) is 10.8. The predicted octanol–water partition coefficient (Wildman–Crippen LogP) is 5.62. The van der Waals surface area contributed by atoms with Gasteiger partial charge in [0.05, 0.1) is 5.56 Å². The maximum Gasteiger partial charge on any atom is 0.275 e. The van der Waals surface area contributed by atoms with Crippen molar-refractivity contribution in [3.05, 3.63) is 48.3 Å². The lowest BCUT2D eigenvalue weighted by atomic mass is 9.60. The number of allylic oxidation sites excluding steroid dienone is 1. The average molecular weight is 365 g/mol. The van der Waals surface area contributed by atoms with Gasteiger partial charge >= 0.3 is 0 Å². The molecule has 4 rings (SSSR count). The molecule has 1 aliphatic heterocycles. The number of nitrogens with zero attached hydrogens (tertiary/aromatic N) is 3. The van der Waals surface area contributed by atoms with E-state index in [0.29, 0.717) is 6.04 Å². The van der Waals surface area contributed by atoms with Crippen molar-refractivity contribution in [1.29, 1.82) is 0 Å². The second kappa shape index (κ2) is 6.61. The van der Waals surface area contributed by atoms with Crippen LogP contribution in [0.5, 0.6) is 0 Å². The fourth-order valence-electron chi connectivity index (χ4n) is 5.95. The highest BCUT2D eigenvalue weighted by Gasteiger charge is 2.57. The highest BCUT2D eigenvalue weighted by Crippen LogP contribution is 2.51. The van der Waals surface area contributed by atoms with Crippen molar-refractivity contribution in [2.75, 3.05) is 0 Å². The Morgan fingerprint density at radius 3 is 2.52 bits per heavy atom. The van der Waals surface area contributed by atoms with Crippen LogP contribution in [0.25, 0.3) is 11.4 Å². The monoisotopic (exact) mass is 364 g/mol. The molecule has 2 aliphatic rings. The molecule has 1 aliphatic carbocycles. The number of aryl methyl sites for hydroxylation is 1. The van der Waals surface area contributed by atoms with Gasteiger partial charge in [-0.2, -0.15) is 0 Å². The van der Waals surface area contributed by atoms with Crippen LogP contribution in [0, 0.1) is 6.92 Å². The molecule has 0 saturated heterocycles. The van der Waals surface area contributed by atoms with Crippen LogP contribution in [0.3, 0.4) is 0 Å². The number of hydrogen-bond acceptors (Lipinski definition) is 1. The lowest BCUT2D eigenvalue weighted by Gasteiger charge is -2.49. The Morgan fingerprint density at radius 1 is 1.19 bits per heavy atom. The smallest absolute Gasteiger partial charge is 0.218 e. The molecule has 1 aromatic carbocycles. The average Bonchev–Trinajstić information content (AvgIpc) is 3.07. The van der Waals surface area contributed by atoms with E-state index in [2.05, 4.69) is 73.9 Å². The van der Waals surface area contributed by atoms with Gasteiger partial charge in [0, 0.05) is 17.4 Å². The molecule has 2 aromatic rings. The fourth-order valence-corrected chi connectivity index (χ4v) is 5.95. The quantitative estimate of drug-likeness (QED) is 0.509. The van der Waals surface area contributed by atoms with Gasteiger partial charge in [0.25, 0.3) is 11.6 Å². The minimum atomic E-state index is -0.150. The van der Waals surface area contributed by atoms with Crippen molar-refractivity contribution in [1.82, 2.24) is 9.78 Å². The van der Waals surface area contributed by atoms with E-state index in [-0.39, 0.29) is 11.0 Å². The molecule has 1 saturated carbocycles. The van der Waals surface area contributed by atoms with E-state index in [9.17, 15) is 0 Å². The third kappa shape index (κ3) is 2.33. The summed E-state index contributed by atoms with van der Waals surface area (Å²) in [5, 5.41) is 5.14. The molecule has 3 heteroatoms. The van der Waals surface area contributed by atoms with E-state index in [1.807, 2.05) is 0 Å². The molecule has 1 fully saturated rings. The SMILES string of the molecule is C=CC1(CC)[n+]2c(C)nn(C3CCCCC3)c2-c2ccccc2C1(C)CC. The first-order chi connectivity index (χ1) is 13.0. The van der Waals surface area contributed by atoms with Crippen molar-refractivity contribution in [3.63, 3.8) is 0 Å². The Balaban J connectivity index is 2.07. The summed E-state index contributed by atoms with van der Waals surface area (Å²) in [6, 6.07) is 9.54. The molecule has 0 N–H and O–H groups in total. The van der Waals surface area contributed by atoms with Gasteiger partial charge < -0.3 is 0 Å². The predicted molar refractivity (Wildman–Crippen MR) is 111 cm³/mol. The molecular weight excluding hydrogens is 330 g/mol. The van der Waals surface area contributed by atoms with E-state index < -0.39 is 0 Å². The molecule has 0 bridgehead atoms. The summed E-state index contributed by atoms with van der Waals surface area (Å²) in [4.78, 5) is 0. The van der Waals surface area contributed by atoms with Crippen LogP contribution in [0.15, 0.2) is 36.9 Å². The third-order valence-electron chi connectivity index (χ3n) is 7.63. The molecule has 2 unspecified atom stereocenters. The van der Waals surface area contributed by atoms with Gasteiger partial charge in [0.2, 0.25) is 0 Å². The summed E-state index contributed by atoms with van der Waals surface area (Å²) in [5.41, 5.74) is 2.66. The second-order valence-electron chi connectivity index (χ2n) is 8.66. The Kier molecular flexibility index (Phi) is 4.52. The molecule has 0 spiro atoms. The highest BCUT2D eigenvalue weighted by molar-refractivity contribution is 5.63. The van der Waals surface area contributed by atoms with Gasteiger partial charge in [-0.15, -0.1) is 4.68 Å². The normalized spacial score (nSPS) is 27.9. The van der Waals surface area contributed by atoms with Gasteiger partial charge in [-0.25, -0.2) is 4.57 Å². The van der Waals surface area contributed by atoms with Crippen LogP contribution in [0.4, 0.5) is 0 Å². The van der Waals surface area contributed by atoms with Crippen LogP contribution in [-0.2, 0) is 11.0 Å². The lowest BCUT2D eigenvalue weighted by Crippen LogP contribution is -2.68. The van der Waals surface area contributed by atoms with Crippen molar-refractivity contribution < 1.29 is 4.57 Å². The molecule has 2 heterocycles. The zero-order chi connectivity index (χ0) is 19.2. The topological polar surface area (TPSA) is 21.7 Å². The summed E-state index contributed by atoms with van der Waals surface area (Å²) in [5.74, 6) is 2.41. The van der Waals surface area contributed by atoms with Crippen molar-refractivity contribution in [2.45, 2.75) is 89.6 Å². The number of benzene rings is 1. The zero-order valence-corrected chi connectivity index (χ0v) is 17.5. The zero-order valence-electron chi connectivity index (χ0n) is 17.5. The number of aromatic nitrogens is 3. The van der Waals surface area contributed by atoms with Crippen LogP contribution >= 0.6 is 0 Å². The molecule has 0 radical (unpaired) electrons. The summed E-state index contributed by atoms with van der Waals surface area (Å²) in [7, 11) is 0. The maximum absolute atomic E-state index is 5.14. The minimum Gasteiger partial charge on any atom is -0.218 e. The molecular formula is C24H34N3+. The Labute approximate surface area is 164 Å². The van der Waals surface area contributed by atoms with Gasteiger partial charge in [-0.3, -0.25) is 0 Å². The van der Waals surface area contributed by atoms with Gasteiger partial charge in [-0.05, 0) is 50.2 Å². The van der Waals surface area contributed by atoms with E-state index in [1.54, 1.807) is 0 Å². The first-order valence-electron chi connectivity index (χ1n) is 10.8. The summed E-state index contributed by atoms with van der Waals surface area (Å²) >= 11 is 0. The molecule has 1 aromatic heterocycles. The Morgan fingerprint density at radius 2 is 1.89 bits per heavy atom. The van der Waals surface area contributed by atoms with E-state index in [0.717, 1.165) is 18.7 Å². The van der Waals surface area contributed by atoms with Crippen molar-refractivity contribution >= 4 is 0 Å². The minimum absolute atomic E-state index is 0.00292. The number of rotatable bonds is 4. The van der Waals surface area contributed by atoms with E-state index >= 15 is 0 Å². The standard InChI is InChI=1S/C24H34N3/c1-6-23(5)21-17-13-12-16-20(21)22-26(24(23,7-2)8-3)18(4)25-27(22)19-14-10-9-11-15-19/h7,12-13,16-17,19H,2,6,8-11,14-15H2,1,3-5H3/q+1. The second-order valence-corrected chi connectivity index (χ2v) is 8.66. The third-order valence-corrected chi connectivity index (χ3v) is 7.63. The molecule has 0 amide bonds. The van der Waals surface area contributed by atoms with Crippen LogP contribution < -0.4 is 4.57 Å². The van der Waals surface area contributed by atoms with Crippen LogP contribution in [0.1, 0.15) is 83.1 Å². The largest absolute Gasteiger partial charge is 0.275 e. The summed E-state index contributed by atoms with van der Waals surface area (Å²) < 4.78 is 4.90. The lowest BCUT2D eigenvalue weighted by molar-refractivity contribution is -0.761. The van der Waals surface area contributed by atoms with E-state index in [1.165, 1.54) is 49.1 Å². The highest BCUT2D eigenvalue weighted by atomic mass is 15.4. The molecule has 144 valence electrons. The summed E-state index contributed by atoms with van der Waals surface area (Å²) in [6.07, 6.45) is 10.8. The molecule has 27 heavy (non-hydrogen) atoms. The maximum atomic E-state index is 5.14. The number of hydrogen-bond donors (Lipinski definition) is 0. The van der Waals surface area contributed by atoms with Gasteiger partial charge in [0.15, 0.2) is 0 Å². The van der Waals surface area contributed by atoms with E-state index in [4.69, 9.17) is 5.10 Å². The van der Waals surface area contributed by atoms with Crippen LogP contribution in [0.2, 0.25) is 0 Å². The van der Waals surface area contributed by atoms with Crippen molar-refractivity contribution in [2.24, 2.45) is 0 Å². The van der Waals surface area contributed by atoms with Crippen molar-refractivity contribution in [3.8, 4) is 11.4 Å². The summed E-state index contributed by atoms with van der Waals surface area (Å²) in [6.45, 7) is 13.6. The first kappa shape index (κ1) is 18.5. The molecule has 3 nitrogen and oxygen atoms in total. The Hall–Kier alpha value is -1.90.